The molecule has 0 aliphatic rings. The van der Waals surface area contributed by atoms with Gasteiger partial charge in [0.1, 0.15) is 18.0 Å². The number of likely N-dealkylation sites (N-methyl/N-ethyl adjacent to an activating group) is 1. The molecule has 0 saturated carbocycles. The molecule has 1 amide bonds. The molecule has 0 aliphatic carbocycles. The number of pyridine rings is 2. The van der Waals surface area contributed by atoms with E-state index in [2.05, 4.69) is 9.97 Å². The van der Waals surface area contributed by atoms with Gasteiger partial charge < -0.3 is 14.4 Å². The molecule has 3 aromatic rings. The summed E-state index contributed by atoms with van der Waals surface area (Å²) in [4.78, 5) is 22.2. The van der Waals surface area contributed by atoms with Crippen LogP contribution in [0.15, 0.2) is 42.6 Å². The number of fused-ring (bicyclic) bond motifs is 1. The second kappa shape index (κ2) is 8.83. The van der Waals surface area contributed by atoms with Crippen molar-refractivity contribution in [1.82, 2.24) is 14.9 Å². The van der Waals surface area contributed by atoms with E-state index in [0.29, 0.717) is 34.0 Å². The Morgan fingerprint density at radius 2 is 1.97 bits per heavy atom. The number of carbonyl (C=O) groups is 1. The molecular weight excluding hydrogens is 409 g/mol. The number of aromatic nitrogens is 2. The number of hydrogen-bond acceptors (Lipinski definition) is 5. The number of amides is 1. The minimum atomic E-state index is -0.544. The molecular formula is C22H23ClFN3O3. The number of halogens is 2. The predicted octanol–water partition coefficient (Wildman–Crippen LogP) is 5.34. The molecule has 3 rings (SSSR count). The standard InChI is InChI=1S/C22H23ClFN3O3/c1-22(2,3)30-21(28)27(4)9-10-29-20-8-5-14(13-25-20)19-12-17(23)16-11-15(24)6-7-18(16)26-19/h5-8,11-13H,9-10H2,1-4H3. The Kier molecular flexibility index (Phi) is 6.41. The van der Waals surface area contributed by atoms with Crippen LogP contribution in [0.5, 0.6) is 5.88 Å². The topological polar surface area (TPSA) is 64.5 Å². The van der Waals surface area contributed by atoms with Gasteiger partial charge in [0.25, 0.3) is 0 Å². The van der Waals surface area contributed by atoms with E-state index in [1.807, 2.05) is 26.8 Å². The molecule has 30 heavy (non-hydrogen) atoms. The lowest BCUT2D eigenvalue weighted by atomic mass is 10.1. The molecule has 2 aromatic heterocycles. The van der Waals surface area contributed by atoms with Gasteiger partial charge >= 0.3 is 6.09 Å². The van der Waals surface area contributed by atoms with E-state index in [9.17, 15) is 9.18 Å². The summed E-state index contributed by atoms with van der Waals surface area (Å²) in [5, 5.41) is 0.974. The number of benzene rings is 1. The summed E-state index contributed by atoms with van der Waals surface area (Å²) in [5.74, 6) is 0.0599. The minimum Gasteiger partial charge on any atom is -0.476 e. The average Bonchev–Trinajstić information content (AvgIpc) is 2.67. The van der Waals surface area contributed by atoms with Crippen LogP contribution < -0.4 is 4.74 Å². The van der Waals surface area contributed by atoms with Crippen LogP contribution in [-0.2, 0) is 4.74 Å². The Balaban J connectivity index is 1.62. The maximum Gasteiger partial charge on any atom is 0.410 e. The van der Waals surface area contributed by atoms with Crippen molar-refractivity contribution in [2.75, 3.05) is 20.2 Å². The van der Waals surface area contributed by atoms with E-state index in [0.717, 1.165) is 5.56 Å². The Bertz CT molecular complexity index is 1050. The molecule has 0 saturated heterocycles. The first-order chi connectivity index (χ1) is 14.1. The van der Waals surface area contributed by atoms with Crippen molar-refractivity contribution in [3.05, 3.63) is 53.4 Å². The molecule has 0 unspecified atom stereocenters. The highest BCUT2D eigenvalue weighted by molar-refractivity contribution is 6.35. The fraction of sp³-hybridized carbons (Fsp3) is 0.318. The third-order valence-electron chi connectivity index (χ3n) is 4.13. The van der Waals surface area contributed by atoms with Crippen molar-refractivity contribution in [3.8, 4) is 17.1 Å². The van der Waals surface area contributed by atoms with Crippen LogP contribution in [0.3, 0.4) is 0 Å². The van der Waals surface area contributed by atoms with Crippen molar-refractivity contribution in [2.24, 2.45) is 0 Å². The van der Waals surface area contributed by atoms with Crippen LogP contribution in [0.1, 0.15) is 20.8 Å². The van der Waals surface area contributed by atoms with Gasteiger partial charge in [0, 0.05) is 30.3 Å². The highest BCUT2D eigenvalue weighted by Gasteiger charge is 2.19. The number of hydrogen-bond donors (Lipinski definition) is 0. The van der Waals surface area contributed by atoms with Gasteiger partial charge in [-0.15, -0.1) is 0 Å². The summed E-state index contributed by atoms with van der Waals surface area (Å²) in [6, 6.07) is 9.50. The number of carbonyl (C=O) groups excluding carboxylic acids is 1. The Morgan fingerprint density at radius 1 is 1.20 bits per heavy atom. The summed E-state index contributed by atoms with van der Waals surface area (Å²) in [6.07, 6.45) is 1.22. The normalized spacial score (nSPS) is 11.4. The highest BCUT2D eigenvalue weighted by Crippen LogP contribution is 2.28. The molecule has 0 aliphatic heterocycles. The van der Waals surface area contributed by atoms with E-state index >= 15 is 0 Å². The zero-order chi connectivity index (χ0) is 21.9. The van der Waals surface area contributed by atoms with Gasteiger partial charge in [-0.25, -0.2) is 19.2 Å². The zero-order valence-corrected chi connectivity index (χ0v) is 18.0. The van der Waals surface area contributed by atoms with Crippen molar-refractivity contribution >= 4 is 28.6 Å². The molecule has 0 N–H and O–H groups in total. The van der Waals surface area contributed by atoms with E-state index < -0.39 is 11.7 Å². The summed E-state index contributed by atoms with van der Waals surface area (Å²) in [7, 11) is 1.65. The maximum atomic E-state index is 13.4. The van der Waals surface area contributed by atoms with Crippen molar-refractivity contribution < 1.29 is 18.7 Å². The lowest BCUT2D eigenvalue weighted by Gasteiger charge is -2.24. The fourth-order valence-electron chi connectivity index (χ4n) is 2.64. The molecule has 158 valence electrons. The lowest BCUT2D eigenvalue weighted by Crippen LogP contribution is -2.36. The smallest absolute Gasteiger partial charge is 0.410 e. The first-order valence-corrected chi connectivity index (χ1v) is 9.79. The van der Waals surface area contributed by atoms with Gasteiger partial charge in [-0.2, -0.15) is 0 Å². The first kappa shape index (κ1) is 21.8. The maximum absolute atomic E-state index is 13.4. The molecule has 1 aromatic carbocycles. The summed E-state index contributed by atoms with van der Waals surface area (Å²) in [5.41, 5.74) is 1.44. The number of rotatable bonds is 5. The third kappa shape index (κ3) is 5.57. The van der Waals surface area contributed by atoms with Gasteiger partial charge in [0.2, 0.25) is 5.88 Å². The van der Waals surface area contributed by atoms with E-state index in [1.165, 1.54) is 17.0 Å². The van der Waals surface area contributed by atoms with Gasteiger partial charge in [0.15, 0.2) is 0 Å². The summed E-state index contributed by atoms with van der Waals surface area (Å²) in [6.45, 7) is 6.08. The Morgan fingerprint density at radius 3 is 2.63 bits per heavy atom. The molecule has 0 spiro atoms. The molecule has 0 radical (unpaired) electrons. The van der Waals surface area contributed by atoms with Gasteiger partial charge in [0.05, 0.1) is 22.8 Å². The fourth-order valence-corrected chi connectivity index (χ4v) is 2.89. The molecule has 8 heteroatoms. The summed E-state index contributed by atoms with van der Waals surface area (Å²) < 4.78 is 24.3. The van der Waals surface area contributed by atoms with Crippen LogP contribution >= 0.6 is 11.6 Å². The average molecular weight is 432 g/mol. The van der Waals surface area contributed by atoms with Crippen LogP contribution in [-0.4, -0.2) is 46.8 Å². The number of ether oxygens (including phenoxy) is 2. The molecule has 0 bridgehead atoms. The van der Waals surface area contributed by atoms with Crippen LogP contribution in [0, 0.1) is 5.82 Å². The highest BCUT2D eigenvalue weighted by atomic mass is 35.5. The molecule has 6 nitrogen and oxygen atoms in total. The van der Waals surface area contributed by atoms with Crippen LogP contribution in [0.4, 0.5) is 9.18 Å². The molecule has 2 heterocycles. The largest absolute Gasteiger partial charge is 0.476 e. The second-order valence-corrected chi connectivity index (χ2v) is 8.19. The molecule has 0 fully saturated rings. The van der Waals surface area contributed by atoms with Crippen molar-refractivity contribution in [1.29, 1.82) is 0 Å². The van der Waals surface area contributed by atoms with E-state index in [-0.39, 0.29) is 12.4 Å². The second-order valence-electron chi connectivity index (χ2n) is 7.79. The van der Waals surface area contributed by atoms with Crippen LogP contribution in [0.2, 0.25) is 5.02 Å². The minimum absolute atomic E-state index is 0.272. The van der Waals surface area contributed by atoms with E-state index in [4.69, 9.17) is 21.1 Å². The van der Waals surface area contributed by atoms with Gasteiger partial charge in [-0.3, -0.25) is 0 Å². The quantitative estimate of drug-likeness (QED) is 0.546. The van der Waals surface area contributed by atoms with Crippen molar-refractivity contribution in [3.63, 3.8) is 0 Å². The Hall–Kier alpha value is -2.93. The van der Waals surface area contributed by atoms with Gasteiger partial charge in [-0.05, 0) is 51.1 Å². The Labute approximate surface area is 179 Å². The monoisotopic (exact) mass is 431 g/mol. The lowest BCUT2D eigenvalue weighted by molar-refractivity contribution is 0.0277. The van der Waals surface area contributed by atoms with E-state index in [1.54, 1.807) is 31.4 Å². The third-order valence-corrected chi connectivity index (χ3v) is 4.45. The van der Waals surface area contributed by atoms with Gasteiger partial charge in [-0.1, -0.05) is 11.6 Å². The first-order valence-electron chi connectivity index (χ1n) is 9.41. The van der Waals surface area contributed by atoms with Crippen molar-refractivity contribution in [2.45, 2.75) is 26.4 Å². The predicted molar refractivity (Wildman–Crippen MR) is 114 cm³/mol. The molecule has 0 atom stereocenters. The van der Waals surface area contributed by atoms with Crippen LogP contribution in [0.25, 0.3) is 22.2 Å². The SMILES string of the molecule is CN(CCOc1ccc(-c2cc(Cl)c3cc(F)ccc3n2)cn1)C(=O)OC(C)(C)C. The zero-order valence-electron chi connectivity index (χ0n) is 17.3. The summed E-state index contributed by atoms with van der Waals surface area (Å²) >= 11 is 6.28. The number of nitrogens with zero attached hydrogens (tertiary/aromatic N) is 3.